The van der Waals surface area contributed by atoms with E-state index >= 15 is 0 Å². The van der Waals surface area contributed by atoms with Crippen molar-refractivity contribution in [1.82, 2.24) is 5.32 Å². The maximum atomic E-state index is 10.3. The van der Waals surface area contributed by atoms with E-state index in [-0.39, 0.29) is 0 Å². The van der Waals surface area contributed by atoms with Crippen molar-refractivity contribution in [2.75, 3.05) is 13.1 Å². The van der Waals surface area contributed by atoms with Gasteiger partial charge in [-0.25, -0.2) is 0 Å². The molecular weight excluding hydrogens is 233 g/mol. The van der Waals surface area contributed by atoms with Gasteiger partial charge in [-0.1, -0.05) is 43.0 Å². The molecule has 88 valence electrons. The lowest BCUT2D eigenvalue weighted by Crippen LogP contribution is -2.44. The molecule has 0 amide bonds. The Bertz CT molecular complexity index is 233. The molecule has 1 fully saturated rings. The Morgan fingerprint density at radius 1 is 1.67 bits per heavy atom. The van der Waals surface area contributed by atoms with Crippen molar-refractivity contribution in [3.8, 4) is 0 Å². The van der Waals surface area contributed by atoms with Crippen molar-refractivity contribution in [1.29, 1.82) is 0 Å². The molecule has 2 atom stereocenters. The Hall–Kier alpha value is 0.240. The molecule has 0 saturated heterocycles. The normalized spacial score (nSPS) is 33.1. The van der Waals surface area contributed by atoms with E-state index in [1.54, 1.807) is 0 Å². The van der Waals surface area contributed by atoms with Gasteiger partial charge in [0, 0.05) is 23.7 Å². The van der Waals surface area contributed by atoms with Gasteiger partial charge in [-0.2, -0.15) is 0 Å². The van der Waals surface area contributed by atoms with Gasteiger partial charge in [0.25, 0.3) is 0 Å². The van der Waals surface area contributed by atoms with Crippen molar-refractivity contribution in [2.45, 2.75) is 38.2 Å². The average Bonchev–Trinajstić information content (AvgIpc) is 2.16. The first-order valence-electron chi connectivity index (χ1n) is 5.43. The van der Waals surface area contributed by atoms with E-state index < -0.39 is 5.60 Å². The Morgan fingerprint density at radius 2 is 2.40 bits per heavy atom. The van der Waals surface area contributed by atoms with Crippen LogP contribution in [0.15, 0.2) is 10.6 Å². The van der Waals surface area contributed by atoms with Gasteiger partial charge in [-0.15, -0.1) is 0 Å². The van der Waals surface area contributed by atoms with Gasteiger partial charge < -0.3 is 10.4 Å². The molecular formula is C11H19Cl2NO. The highest BCUT2D eigenvalue weighted by Crippen LogP contribution is 2.31. The standard InChI is InChI=1S/C11H19Cl2NO/c1-9-3-2-4-11(15,5-9)8-14-7-10(13)6-12/h6,9,14-15H,2-5,7-8H2,1H3. The predicted molar refractivity (Wildman–Crippen MR) is 65.2 cm³/mol. The fourth-order valence-corrected chi connectivity index (χ4v) is 2.42. The lowest BCUT2D eigenvalue weighted by atomic mass is 9.79. The summed E-state index contributed by atoms with van der Waals surface area (Å²) in [6.07, 6.45) is 4.10. The number of hydrogen-bond donors (Lipinski definition) is 2. The fourth-order valence-electron chi connectivity index (χ4n) is 2.25. The summed E-state index contributed by atoms with van der Waals surface area (Å²) >= 11 is 11.2. The van der Waals surface area contributed by atoms with E-state index in [4.69, 9.17) is 23.2 Å². The smallest absolute Gasteiger partial charge is 0.0774 e. The van der Waals surface area contributed by atoms with E-state index in [0.29, 0.717) is 24.0 Å². The summed E-state index contributed by atoms with van der Waals surface area (Å²) in [4.78, 5) is 0. The van der Waals surface area contributed by atoms with Crippen molar-refractivity contribution in [2.24, 2.45) is 5.92 Å². The van der Waals surface area contributed by atoms with Crippen molar-refractivity contribution in [3.63, 3.8) is 0 Å². The van der Waals surface area contributed by atoms with Crippen LogP contribution in [0.2, 0.25) is 0 Å². The Labute approximate surface area is 102 Å². The first kappa shape index (κ1) is 13.3. The molecule has 0 bridgehead atoms. The lowest BCUT2D eigenvalue weighted by molar-refractivity contribution is -0.0110. The maximum Gasteiger partial charge on any atom is 0.0774 e. The van der Waals surface area contributed by atoms with Crippen LogP contribution in [-0.4, -0.2) is 23.8 Å². The van der Waals surface area contributed by atoms with Crippen LogP contribution in [0.4, 0.5) is 0 Å². The number of nitrogens with one attached hydrogen (secondary N) is 1. The van der Waals surface area contributed by atoms with Crippen molar-refractivity contribution >= 4 is 23.2 Å². The minimum absolute atomic E-state index is 0.530. The second-order valence-corrected chi connectivity index (χ2v) is 5.29. The van der Waals surface area contributed by atoms with Crippen LogP contribution >= 0.6 is 23.2 Å². The third-order valence-electron chi connectivity index (χ3n) is 2.93. The predicted octanol–water partition coefficient (Wildman–Crippen LogP) is 2.84. The van der Waals surface area contributed by atoms with Gasteiger partial charge in [-0.05, 0) is 18.8 Å². The van der Waals surface area contributed by atoms with Crippen LogP contribution in [-0.2, 0) is 0 Å². The minimum atomic E-state index is -0.554. The molecule has 0 aliphatic heterocycles. The quantitative estimate of drug-likeness (QED) is 0.806. The molecule has 1 saturated carbocycles. The average molecular weight is 252 g/mol. The van der Waals surface area contributed by atoms with Crippen molar-refractivity contribution < 1.29 is 5.11 Å². The van der Waals surface area contributed by atoms with E-state index in [1.165, 1.54) is 12.0 Å². The highest BCUT2D eigenvalue weighted by Gasteiger charge is 2.31. The Kier molecular flexibility index (Phi) is 5.41. The van der Waals surface area contributed by atoms with Gasteiger partial charge in [0.15, 0.2) is 0 Å². The lowest BCUT2D eigenvalue weighted by Gasteiger charge is -2.35. The van der Waals surface area contributed by atoms with Crippen LogP contribution in [0.3, 0.4) is 0 Å². The third-order valence-corrected chi connectivity index (χ3v) is 3.55. The zero-order chi connectivity index (χ0) is 11.3. The zero-order valence-corrected chi connectivity index (χ0v) is 10.6. The summed E-state index contributed by atoms with van der Waals surface area (Å²) < 4.78 is 0. The fraction of sp³-hybridized carbons (Fsp3) is 0.818. The second kappa shape index (κ2) is 6.09. The van der Waals surface area contributed by atoms with Gasteiger partial charge in [0.1, 0.15) is 0 Å². The van der Waals surface area contributed by atoms with E-state index in [9.17, 15) is 5.11 Å². The monoisotopic (exact) mass is 251 g/mol. The molecule has 2 N–H and O–H groups in total. The molecule has 0 heterocycles. The van der Waals surface area contributed by atoms with Gasteiger partial charge >= 0.3 is 0 Å². The molecule has 0 aromatic heterocycles. The largest absolute Gasteiger partial charge is 0.389 e. The van der Waals surface area contributed by atoms with Crippen LogP contribution in [0, 0.1) is 5.92 Å². The second-order valence-electron chi connectivity index (χ2n) is 4.59. The zero-order valence-electron chi connectivity index (χ0n) is 9.10. The molecule has 0 aromatic rings. The van der Waals surface area contributed by atoms with Gasteiger partial charge in [-0.3, -0.25) is 0 Å². The van der Waals surface area contributed by atoms with E-state index in [1.807, 2.05) is 0 Å². The molecule has 2 unspecified atom stereocenters. The molecule has 15 heavy (non-hydrogen) atoms. The van der Waals surface area contributed by atoms with Crippen LogP contribution in [0.1, 0.15) is 32.6 Å². The third kappa shape index (κ3) is 4.73. The summed E-state index contributed by atoms with van der Waals surface area (Å²) in [6, 6.07) is 0. The maximum absolute atomic E-state index is 10.3. The first-order chi connectivity index (χ1) is 7.06. The highest BCUT2D eigenvalue weighted by atomic mass is 35.5. The van der Waals surface area contributed by atoms with E-state index in [0.717, 1.165) is 19.3 Å². The molecule has 0 aromatic carbocycles. The summed E-state index contributed by atoms with van der Waals surface area (Å²) in [5, 5.41) is 14.0. The van der Waals surface area contributed by atoms with Crippen LogP contribution in [0.5, 0.6) is 0 Å². The highest BCUT2D eigenvalue weighted by molar-refractivity contribution is 6.36. The summed E-state index contributed by atoms with van der Waals surface area (Å²) in [5.74, 6) is 0.615. The first-order valence-corrected chi connectivity index (χ1v) is 6.25. The number of hydrogen-bond acceptors (Lipinski definition) is 2. The van der Waals surface area contributed by atoms with Crippen LogP contribution in [0.25, 0.3) is 0 Å². The molecule has 4 heteroatoms. The Balaban J connectivity index is 2.29. The Morgan fingerprint density at radius 3 is 3.00 bits per heavy atom. The number of aliphatic hydroxyl groups is 1. The molecule has 1 rings (SSSR count). The molecule has 0 radical (unpaired) electrons. The van der Waals surface area contributed by atoms with Crippen molar-refractivity contribution in [3.05, 3.63) is 10.6 Å². The summed E-state index contributed by atoms with van der Waals surface area (Å²) in [6.45, 7) is 3.32. The molecule has 1 aliphatic carbocycles. The van der Waals surface area contributed by atoms with E-state index in [2.05, 4.69) is 12.2 Å². The number of halogens is 2. The molecule has 0 spiro atoms. The molecule has 2 nitrogen and oxygen atoms in total. The van der Waals surface area contributed by atoms with Gasteiger partial charge in [0.05, 0.1) is 5.60 Å². The molecule has 1 aliphatic rings. The van der Waals surface area contributed by atoms with Gasteiger partial charge in [0.2, 0.25) is 0 Å². The minimum Gasteiger partial charge on any atom is -0.389 e. The van der Waals surface area contributed by atoms with Crippen LogP contribution < -0.4 is 5.32 Å². The SMILES string of the molecule is CC1CCCC(O)(CNCC(Cl)=CCl)C1. The topological polar surface area (TPSA) is 32.3 Å². The summed E-state index contributed by atoms with van der Waals surface area (Å²) in [7, 11) is 0. The summed E-state index contributed by atoms with van der Waals surface area (Å²) in [5.41, 5.74) is 0.795. The number of rotatable bonds is 4.